The molecule has 0 aliphatic rings. The minimum absolute atomic E-state index is 0.103. The van der Waals surface area contributed by atoms with Crippen LogP contribution < -0.4 is 5.32 Å². The number of amides is 1. The van der Waals surface area contributed by atoms with Crippen LogP contribution in [0.5, 0.6) is 0 Å². The highest BCUT2D eigenvalue weighted by Crippen LogP contribution is 2.16. The Morgan fingerprint density at radius 1 is 1.33 bits per heavy atom. The minimum Gasteiger partial charge on any atom is -0.325 e. The van der Waals surface area contributed by atoms with Gasteiger partial charge in [-0.3, -0.25) is 4.79 Å². The van der Waals surface area contributed by atoms with Gasteiger partial charge in [-0.2, -0.15) is 4.98 Å². The zero-order valence-corrected chi connectivity index (χ0v) is 13.1. The van der Waals surface area contributed by atoms with E-state index in [1.54, 1.807) is 23.0 Å². The van der Waals surface area contributed by atoms with Gasteiger partial charge >= 0.3 is 0 Å². The van der Waals surface area contributed by atoms with Crippen molar-refractivity contribution >= 4 is 45.1 Å². The lowest BCUT2D eigenvalue weighted by atomic mass is 10.3. The topological polar surface area (TPSA) is 72.2 Å². The monoisotopic (exact) mass is 363 g/mol. The zero-order valence-electron chi connectivity index (χ0n) is 10.7. The second kappa shape index (κ2) is 6.23. The van der Waals surface area contributed by atoms with E-state index in [1.165, 1.54) is 11.8 Å². The Morgan fingerprint density at radius 2 is 2.14 bits per heavy atom. The first-order valence-electron chi connectivity index (χ1n) is 6.06. The molecule has 0 aliphatic carbocycles. The SMILES string of the molecule is O=C(CSc1nc2ncccn2n1)Nc1ccc(Br)cc1. The van der Waals surface area contributed by atoms with Crippen LogP contribution in [0.2, 0.25) is 0 Å². The molecule has 0 aliphatic heterocycles. The number of thioether (sulfide) groups is 1. The van der Waals surface area contributed by atoms with Crippen LogP contribution in [0.4, 0.5) is 5.69 Å². The maximum Gasteiger partial charge on any atom is 0.253 e. The van der Waals surface area contributed by atoms with Gasteiger partial charge in [-0.1, -0.05) is 27.7 Å². The number of hydrogen-bond acceptors (Lipinski definition) is 5. The molecule has 0 saturated carbocycles. The molecule has 1 aromatic carbocycles. The fourth-order valence-electron chi connectivity index (χ4n) is 1.64. The average Bonchev–Trinajstić information content (AvgIpc) is 2.90. The standard InChI is InChI=1S/C13H10BrN5OS/c14-9-2-4-10(5-3-9)16-11(20)8-21-13-17-12-15-6-1-7-19(12)18-13/h1-7H,8H2,(H,16,20). The number of nitrogens with one attached hydrogen (secondary N) is 1. The Bertz CT molecular complexity index is 741. The number of aromatic nitrogens is 4. The highest BCUT2D eigenvalue weighted by molar-refractivity contribution is 9.10. The second-order valence-electron chi connectivity index (χ2n) is 4.10. The summed E-state index contributed by atoms with van der Waals surface area (Å²) < 4.78 is 2.55. The second-order valence-corrected chi connectivity index (χ2v) is 5.96. The summed E-state index contributed by atoms with van der Waals surface area (Å²) in [7, 11) is 0. The summed E-state index contributed by atoms with van der Waals surface area (Å²) in [4.78, 5) is 20.2. The van der Waals surface area contributed by atoms with Crippen LogP contribution in [0.3, 0.4) is 0 Å². The number of rotatable bonds is 4. The molecule has 0 saturated heterocycles. The normalized spacial score (nSPS) is 10.7. The smallest absolute Gasteiger partial charge is 0.253 e. The fourth-order valence-corrected chi connectivity index (χ4v) is 2.52. The molecule has 2 aromatic heterocycles. The molecular formula is C13H10BrN5OS. The number of halogens is 1. The van der Waals surface area contributed by atoms with E-state index >= 15 is 0 Å². The molecule has 106 valence electrons. The third kappa shape index (κ3) is 3.59. The third-order valence-electron chi connectivity index (χ3n) is 2.56. The molecule has 1 N–H and O–H groups in total. The van der Waals surface area contributed by atoms with Crippen molar-refractivity contribution in [1.82, 2.24) is 19.6 Å². The molecule has 0 spiro atoms. The van der Waals surface area contributed by atoms with Gasteiger partial charge < -0.3 is 5.32 Å². The molecule has 0 atom stereocenters. The number of hydrogen-bond donors (Lipinski definition) is 1. The van der Waals surface area contributed by atoms with Crippen molar-refractivity contribution in [2.75, 3.05) is 11.1 Å². The van der Waals surface area contributed by atoms with E-state index in [4.69, 9.17) is 0 Å². The third-order valence-corrected chi connectivity index (χ3v) is 3.92. The van der Waals surface area contributed by atoms with Gasteiger partial charge in [0.2, 0.25) is 11.1 Å². The largest absolute Gasteiger partial charge is 0.325 e. The highest BCUT2D eigenvalue weighted by atomic mass is 79.9. The predicted molar refractivity (Wildman–Crippen MR) is 84.3 cm³/mol. The first kappa shape index (κ1) is 14.0. The van der Waals surface area contributed by atoms with Crippen molar-refractivity contribution in [1.29, 1.82) is 0 Å². The highest BCUT2D eigenvalue weighted by Gasteiger charge is 2.08. The number of carbonyl (C=O) groups is 1. The van der Waals surface area contributed by atoms with Crippen molar-refractivity contribution in [3.8, 4) is 0 Å². The summed E-state index contributed by atoms with van der Waals surface area (Å²) in [5, 5.41) is 7.57. The van der Waals surface area contributed by atoms with Gasteiger partial charge in [-0.25, -0.2) is 9.50 Å². The molecule has 0 radical (unpaired) electrons. The quantitative estimate of drug-likeness (QED) is 0.721. The molecule has 0 fully saturated rings. The molecule has 6 nitrogen and oxygen atoms in total. The molecular weight excluding hydrogens is 354 g/mol. The van der Waals surface area contributed by atoms with Gasteiger partial charge in [0, 0.05) is 22.6 Å². The van der Waals surface area contributed by atoms with Crippen molar-refractivity contribution < 1.29 is 4.79 Å². The summed E-state index contributed by atoms with van der Waals surface area (Å²) in [6.45, 7) is 0. The Morgan fingerprint density at radius 3 is 2.90 bits per heavy atom. The van der Waals surface area contributed by atoms with Gasteiger partial charge in [-0.15, -0.1) is 5.10 Å². The molecule has 0 unspecified atom stereocenters. The summed E-state index contributed by atoms with van der Waals surface area (Å²) in [6, 6.07) is 9.19. The summed E-state index contributed by atoms with van der Waals surface area (Å²) in [6.07, 6.45) is 3.42. The number of nitrogens with zero attached hydrogens (tertiary/aromatic N) is 4. The molecule has 2 heterocycles. The van der Waals surface area contributed by atoms with Gasteiger partial charge in [-0.05, 0) is 30.3 Å². The van der Waals surface area contributed by atoms with Crippen LogP contribution in [0, 0.1) is 0 Å². The Labute approximate surface area is 133 Å². The van der Waals surface area contributed by atoms with E-state index in [2.05, 4.69) is 36.3 Å². The lowest BCUT2D eigenvalue weighted by molar-refractivity contribution is -0.113. The first-order valence-corrected chi connectivity index (χ1v) is 7.84. The Hall–Kier alpha value is -1.93. The summed E-state index contributed by atoms with van der Waals surface area (Å²) in [5.41, 5.74) is 0.758. The molecule has 3 aromatic rings. The van der Waals surface area contributed by atoms with E-state index in [0.717, 1.165) is 10.2 Å². The molecule has 3 rings (SSSR count). The predicted octanol–water partition coefficient (Wildman–Crippen LogP) is 2.62. The van der Waals surface area contributed by atoms with E-state index in [9.17, 15) is 4.79 Å². The maximum atomic E-state index is 11.9. The number of fused-ring (bicyclic) bond motifs is 1. The summed E-state index contributed by atoms with van der Waals surface area (Å²) >= 11 is 4.62. The fraction of sp³-hybridized carbons (Fsp3) is 0.0769. The van der Waals surface area contributed by atoms with Crippen molar-refractivity contribution in [3.05, 3.63) is 47.2 Å². The zero-order chi connectivity index (χ0) is 14.7. The minimum atomic E-state index is -0.103. The van der Waals surface area contributed by atoms with Crippen molar-refractivity contribution in [2.45, 2.75) is 5.16 Å². The average molecular weight is 364 g/mol. The van der Waals surface area contributed by atoms with Gasteiger partial charge in [0.25, 0.3) is 5.78 Å². The van der Waals surface area contributed by atoms with Gasteiger partial charge in [0.15, 0.2) is 0 Å². The van der Waals surface area contributed by atoms with E-state index in [-0.39, 0.29) is 11.7 Å². The number of carbonyl (C=O) groups excluding carboxylic acids is 1. The van der Waals surface area contributed by atoms with Crippen LogP contribution in [0.1, 0.15) is 0 Å². The lowest BCUT2D eigenvalue weighted by Crippen LogP contribution is -2.13. The molecule has 1 amide bonds. The van der Waals surface area contributed by atoms with Gasteiger partial charge in [0.1, 0.15) is 0 Å². The van der Waals surface area contributed by atoms with Crippen LogP contribution in [0.15, 0.2) is 52.4 Å². The Balaban J connectivity index is 1.59. The van der Waals surface area contributed by atoms with Crippen LogP contribution in [0.25, 0.3) is 5.78 Å². The van der Waals surface area contributed by atoms with Crippen LogP contribution in [-0.4, -0.2) is 31.2 Å². The Kier molecular flexibility index (Phi) is 4.16. The van der Waals surface area contributed by atoms with E-state index in [1.807, 2.05) is 24.3 Å². The molecule has 8 heteroatoms. The number of anilines is 1. The molecule has 21 heavy (non-hydrogen) atoms. The first-order chi connectivity index (χ1) is 10.2. The van der Waals surface area contributed by atoms with Gasteiger partial charge in [0.05, 0.1) is 5.75 Å². The number of benzene rings is 1. The van der Waals surface area contributed by atoms with E-state index < -0.39 is 0 Å². The van der Waals surface area contributed by atoms with Crippen molar-refractivity contribution in [2.24, 2.45) is 0 Å². The molecule has 0 bridgehead atoms. The lowest BCUT2D eigenvalue weighted by Gasteiger charge is -2.03. The van der Waals surface area contributed by atoms with Crippen LogP contribution >= 0.6 is 27.7 Å². The van der Waals surface area contributed by atoms with E-state index in [0.29, 0.717) is 10.9 Å². The summed E-state index contributed by atoms with van der Waals surface area (Å²) in [5.74, 6) is 0.662. The van der Waals surface area contributed by atoms with Crippen LogP contribution in [-0.2, 0) is 4.79 Å². The van der Waals surface area contributed by atoms with Crippen molar-refractivity contribution in [3.63, 3.8) is 0 Å². The maximum absolute atomic E-state index is 11.9.